The van der Waals surface area contributed by atoms with Gasteiger partial charge in [-0.05, 0) is 6.92 Å². The average molecular weight is 127 g/mol. The highest BCUT2D eigenvalue weighted by molar-refractivity contribution is 5.43. The van der Waals surface area contributed by atoms with E-state index in [4.69, 9.17) is 4.42 Å². The summed E-state index contributed by atoms with van der Waals surface area (Å²) < 4.78 is 9.11. The standard InChI is InChI=1S/C5H5NO3/c1-4-5(9-3-7)6-2-8-4/h2-3H,1H3. The molecule has 9 heavy (non-hydrogen) atoms. The molecule has 48 valence electrons. The van der Waals surface area contributed by atoms with Crippen molar-refractivity contribution in [1.29, 1.82) is 0 Å². The number of hydrogen-bond donors (Lipinski definition) is 0. The van der Waals surface area contributed by atoms with Gasteiger partial charge in [-0.25, -0.2) is 0 Å². The minimum absolute atomic E-state index is 0.227. The van der Waals surface area contributed by atoms with Crippen LogP contribution in [0.1, 0.15) is 5.76 Å². The molecule has 1 aromatic rings. The maximum atomic E-state index is 9.72. The Balaban J connectivity index is 2.80. The van der Waals surface area contributed by atoms with Crippen LogP contribution < -0.4 is 4.74 Å². The average Bonchev–Trinajstić information content (AvgIpc) is 2.18. The molecule has 1 rings (SSSR count). The summed E-state index contributed by atoms with van der Waals surface area (Å²) in [4.78, 5) is 13.3. The molecule has 0 saturated carbocycles. The van der Waals surface area contributed by atoms with E-state index in [1.165, 1.54) is 6.39 Å². The lowest BCUT2D eigenvalue weighted by Crippen LogP contribution is -1.89. The summed E-state index contributed by atoms with van der Waals surface area (Å²) in [5.74, 6) is 0.729. The fourth-order valence-corrected chi connectivity index (χ4v) is 0.454. The Kier molecular flexibility index (Phi) is 1.48. The van der Waals surface area contributed by atoms with Gasteiger partial charge in [-0.15, -0.1) is 0 Å². The first kappa shape index (κ1) is 5.81. The lowest BCUT2D eigenvalue weighted by Gasteiger charge is -1.87. The van der Waals surface area contributed by atoms with Gasteiger partial charge in [-0.1, -0.05) is 0 Å². The van der Waals surface area contributed by atoms with Crippen molar-refractivity contribution in [2.45, 2.75) is 6.92 Å². The Morgan fingerprint density at radius 3 is 3.11 bits per heavy atom. The second-order valence-electron chi connectivity index (χ2n) is 1.43. The van der Waals surface area contributed by atoms with Crippen LogP contribution in [-0.4, -0.2) is 11.5 Å². The number of aryl methyl sites for hydroxylation is 1. The Bertz CT molecular complexity index is 206. The minimum atomic E-state index is 0.227. The van der Waals surface area contributed by atoms with E-state index in [0.29, 0.717) is 12.2 Å². The van der Waals surface area contributed by atoms with E-state index >= 15 is 0 Å². The van der Waals surface area contributed by atoms with E-state index in [9.17, 15) is 4.79 Å². The molecule has 4 heteroatoms. The summed E-state index contributed by atoms with van der Waals surface area (Å²) in [5, 5.41) is 0. The lowest BCUT2D eigenvalue weighted by molar-refractivity contribution is -0.121. The van der Waals surface area contributed by atoms with Gasteiger partial charge in [0.2, 0.25) is 0 Å². The Morgan fingerprint density at radius 2 is 2.67 bits per heavy atom. The van der Waals surface area contributed by atoms with E-state index in [-0.39, 0.29) is 5.88 Å². The van der Waals surface area contributed by atoms with Gasteiger partial charge in [0.25, 0.3) is 12.4 Å². The van der Waals surface area contributed by atoms with Gasteiger partial charge < -0.3 is 9.15 Å². The molecule has 0 aromatic carbocycles. The highest BCUT2D eigenvalue weighted by Gasteiger charge is 2.00. The molecule has 0 N–H and O–H groups in total. The molecule has 0 saturated heterocycles. The number of ether oxygens (including phenoxy) is 1. The van der Waals surface area contributed by atoms with Crippen LogP contribution in [0.5, 0.6) is 5.88 Å². The molecule has 0 amide bonds. The van der Waals surface area contributed by atoms with E-state index in [1.807, 2.05) is 0 Å². The largest absolute Gasteiger partial charge is 0.445 e. The summed E-state index contributed by atoms with van der Waals surface area (Å²) in [7, 11) is 0. The molecule has 4 nitrogen and oxygen atoms in total. The zero-order valence-corrected chi connectivity index (χ0v) is 4.83. The minimum Gasteiger partial charge on any atom is -0.445 e. The third kappa shape index (κ3) is 1.07. The molecule has 0 radical (unpaired) electrons. The number of aromatic nitrogens is 1. The van der Waals surface area contributed by atoms with E-state index in [0.717, 1.165) is 0 Å². The van der Waals surface area contributed by atoms with Crippen LogP contribution in [0.3, 0.4) is 0 Å². The molecule has 0 spiro atoms. The van der Waals surface area contributed by atoms with Crippen LogP contribution in [0.4, 0.5) is 0 Å². The summed E-state index contributed by atoms with van der Waals surface area (Å²) in [5.41, 5.74) is 0. The van der Waals surface area contributed by atoms with Crippen molar-refractivity contribution in [1.82, 2.24) is 4.98 Å². The normalized spacial score (nSPS) is 9.00. The first-order chi connectivity index (χ1) is 4.34. The molecule has 0 unspecified atom stereocenters. The molecule has 1 heterocycles. The molecular weight excluding hydrogens is 122 g/mol. The summed E-state index contributed by atoms with van der Waals surface area (Å²) >= 11 is 0. The second kappa shape index (κ2) is 2.30. The monoisotopic (exact) mass is 127 g/mol. The summed E-state index contributed by atoms with van der Waals surface area (Å²) in [6.45, 7) is 1.97. The third-order valence-electron chi connectivity index (χ3n) is 0.860. The highest BCUT2D eigenvalue weighted by Crippen LogP contribution is 2.11. The zero-order chi connectivity index (χ0) is 6.69. The predicted molar refractivity (Wildman–Crippen MR) is 27.9 cm³/mol. The molecule has 0 aliphatic heterocycles. The van der Waals surface area contributed by atoms with Crippen molar-refractivity contribution in [3.8, 4) is 5.88 Å². The Hall–Kier alpha value is -1.32. The van der Waals surface area contributed by atoms with Gasteiger partial charge in [-0.3, -0.25) is 4.79 Å². The molecule has 0 aliphatic rings. The molecular formula is C5H5NO3. The van der Waals surface area contributed by atoms with Gasteiger partial charge in [0, 0.05) is 0 Å². The van der Waals surface area contributed by atoms with Crippen molar-refractivity contribution >= 4 is 6.47 Å². The zero-order valence-electron chi connectivity index (χ0n) is 4.83. The topological polar surface area (TPSA) is 52.3 Å². The van der Waals surface area contributed by atoms with Crippen LogP contribution in [0, 0.1) is 6.92 Å². The molecule has 0 fully saturated rings. The van der Waals surface area contributed by atoms with E-state index in [2.05, 4.69) is 9.72 Å². The van der Waals surface area contributed by atoms with Gasteiger partial charge in [0.05, 0.1) is 0 Å². The fourth-order valence-electron chi connectivity index (χ4n) is 0.454. The van der Waals surface area contributed by atoms with Crippen LogP contribution in [0.2, 0.25) is 0 Å². The van der Waals surface area contributed by atoms with Crippen molar-refractivity contribution in [2.24, 2.45) is 0 Å². The van der Waals surface area contributed by atoms with Crippen LogP contribution in [-0.2, 0) is 4.79 Å². The Labute approximate surface area is 51.5 Å². The predicted octanol–water partition coefficient (Wildman–Crippen LogP) is 0.518. The van der Waals surface area contributed by atoms with Crippen LogP contribution in [0.25, 0.3) is 0 Å². The third-order valence-corrected chi connectivity index (χ3v) is 0.860. The molecule has 0 bridgehead atoms. The van der Waals surface area contributed by atoms with Gasteiger partial charge >= 0.3 is 0 Å². The summed E-state index contributed by atoms with van der Waals surface area (Å²) in [6.07, 6.45) is 1.22. The van der Waals surface area contributed by atoms with Crippen molar-refractivity contribution in [2.75, 3.05) is 0 Å². The number of rotatable bonds is 2. The number of nitrogens with zero attached hydrogens (tertiary/aromatic N) is 1. The maximum Gasteiger partial charge on any atom is 0.299 e. The first-order valence-electron chi connectivity index (χ1n) is 2.35. The van der Waals surface area contributed by atoms with Gasteiger partial charge in [-0.2, -0.15) is 4.98 Å². The SMILES string of the molecule is Cc1ocnc1OC=O. The number of carbonyl (C=O) groups is 1. The fraction of sp³-hybridized carbons (Fsp3) is 0.200. The number of carbonyl (C=O) groups excluding carboxylic acids is 1. The second-order valence-corrected chi connectivity index (χ2v) is 1.43. The number of hydrogen-bond acceptors (Lipinski definition) is 4. The molecule has 0 aliphatic carbocycles. The van der Waals surface area contributed by atoms with E-state index < -0.39 is 0 Å². The van der Waals surface area contributed by atoms with Gasteiger partial charge in [0.15, 0.2) is 12.2 Å². The summed E-state index contributed by atoms with van der Waals surface area (Å²) in [6, 6.07) is 0. The lowest BCUT2D eigenvalue weighted by atomic mass is 10.6. The van der Waals surface area contributed by atoms with Crippen molar-refractivity contribution < 1.29 is 13.9 Å². The van der Waals surface area contributed by atoms with Gasteiger partial charge in [0.1, 0.15) is 0 Å². The molecule has 0 atom stereocenters. The molecule has 1 aromatic heterocycles. The quantitative estimate of drug-likeness (QED) is 0.543. The Morgan fingerprint density at radius 1 is 1.89 bits per heavy atom. The van der Waals surface area contributed by atoms with Crippen molar-refractivity contribution in [3.05, 3.63) is 12.2 Å². The first-order valence-corrected chi connectivity index (χ1v) is 2.35. The van der Waals surface area contributed by atoms with E-state index in [1.54, 1.807) is 6.92 Å². The number of oxazole rings is 1. The van der Waals surface area contributed by atoms with Crippen LogP contribution >= 0.6 is 0 Å². The highest BCUT2D eigenvalue weighted by atomic mass is 16.5. The smallest absolute Gasteiger partial charge is 0.299 e. The van der Waals surface area contributed by atoms with Crippen LogP contribution in [0.15, 0.2) is 10.8 Å². The van der Waals surface area contributed by atoms with Crippen molar-refractivity contribution in [3.63, 3.8) is 0 Å². The maximum absolute atomic E-state index is 9.72.